The molecule has 0 radical (unpaired) electrons. The molecule has 0 aromatic carbocycles. The van der Waals surface area contributed by atoms with Crippen molar-refractivity contribution in [2.24, 2.45) is 0 Å². The standard InChI is InChI=1S/C9H7ClO/c10-8-5-1-3-7-4-2-6-11-9(7)8/h1-2,4-6H,3H2. The Morgan fingerprint density at radius 3 is 3.18 bits per heavy atom. The SMILES string of the molecule is ClC1=C2OC=CC=C2CC=C1. The molecule has 1 aliphatic carbocycles. The highest BCUT2D eigenvalue weighted by atomic mass is 35.5. The maximum absolute atomic E-state index is 5.88. The van der Waals surface area contributed by atoms with E-state index in [0.717, 1.165) is 17.8 Å². The minimum Gasteiger partial charge on any atom is -0.463 e. The molecule has 2 rings (SSSR count). The molecule has 0 N–H and O–H groups in total. The molecule has 0 unspecified atom stereocenters. The van der Waals surface area contributed by atoms with Gasteiger partial charge in [-0.3, -0.25) is 0 Å². The maximum atomic E-state index is 5.88. The van der Waals surface area contributed by atoms with Gasteiger partial charge in [-0.05, 0) is 18.6 Å². The molecule has 1 aliphatic heterocycles. The Kier molecular flexibility index (Phi) is 1.59. The summed E-state index contributed by atoms with van der Waals surface area (Å²) >= 11 is 5.88. The summed E-state index contributed by atoms with van der Waals surface area (Å²) in [6.07, 6.45) is 10.3. The number of rotatable bonds is 0. The van der Waals surface area contributed by atoms with Crippen LogP contribution in [0.4, 0.5) is 0 Å². The van der Waals surface area contributed by atoms with Gasteiger partial charge >= 0.3 is 0 Å². The molecule has 2 aliphatic rings. The summed E-state index contributed by atoms with van der Waals surface area (Å²) in [4.78, 5) is 0. The second-order valence-corrected chi connectivity index (χ2v) is 2.83. The van der Waals surface area contributed by atoms with Crippen molar-refractivity contribution in [3.8, 4) is 0 Å². The van der Waals surface area contributed by atoms with E-state index in [9.17, 15) is 0 Å². The number of hydrogen-bond acceptors (Lipinski definition) is 1. The Labute approximate surface area is 70.3 Å². The lowest BCUT2D eigenvalue weighted by Gasteiger charge is -2.16. The first kappa shape index (κ1) is 6.74. The van der Waals surface area contributed by atoms with Crippen molar-refractivity contribution < 1.29 is 4.74 Å². The molecule has 0 fully saturated rings. The lowest BCUT2D eigenvalue weighted by molar-refractivity contribution is 0.352. The summed E-state index contributed by atoms with van der Waals surface area (Å²) in [7, 11) is 0. The van der Waals surface area contributed by atoms with E-state index in [1.807, 2.05) is 24.3 Å². The van der Waals surface area contributed by atoms with Crippen LogP contribution in [0, 0.1) is 0 Å². The van der Waals surface area contributed by atoms with E-state index in [4.69, 9.17) is 16.3 Å². The average Bonchev–Trinajstić information content (AvgIpc) is 2.06. The summed E-state index contributed by atoms with van der Waals surface area (Å²) in [5.41, 5.74) is 1.15. The van der Waals surface area contributed by atoms with Crippen molar-refractivity contribution in [3.63, 3.8) is 0 Å². The second-order valence-electron chi connectivity index (χ2n) is 2.42. The molecule has 0 spiro atoms. The summed E-state index contributed by atoms with van der Waals surface area (Å²) in [6, 6.07) is 0. The van der Waals surface area contributed by atoms with Crippen molar-refractivity contribution >= 4 is 11.6 Å². The highest BCUT2D eigenvalue weighted by Gasteiger charge is 2.14. The van der Waals surface area contributed by atoms with Gasteiger partial charge in [-0.1, -0.05) is 23.8 Å². The number of ether oxygens (including phenoxy) is 1. The molecule has 56 valence electrons. The molecular weight excluding hydrogens is 160 g/mol. The van der Waals surface area contributed by atoms with Crippen LogP contribution in [-0.2, 0) is 4.74 Å². The lowest BCUT2D eigenvalue weighted by atomic mass is 10.0. The van der Waals surface area contributed by atoms with Crippen LogP contribution < -0.4 is 0 Å². The van der Waals surface area contributed by atoms with Gasteiger partial charge in [0.2, 0.25) is 0 Å². The van der Waals surface area contributed by atoms with E-state index in [0.29, 0.717) is 5.03 Å². The van der Waals surface area contributed by atoms with E-state index in [-0.39, 0.29) is 0 Å². The van der Waals surface area contributed by atoms with Crippen LogP contribution in [0.1, 0.15) is 6.42 Å². The van der Waals surface area contributed by atoms with Crippen molar-refractivity contribution in [3.05, 3.63) is 46.9 Å². The third-order valence-electron chi connectivity index (χ3n) is 1.67. The molecular formula is C9H7ClO. The van der Waals surface area contributed by atoms with E-state index >= 15 is 0 Å². The molecule has 0 saturated heterocycles. The zero-order valence-electron chi connectivity index (χ0n) is 5.88. The van der Waals surface area contributed by atoms with Crippen molar-refractivity contribution in [2.75, 3.05) is 0 Å². The fourth-order valence-electron chi connectivity index (χ4n) is 1.15. The van der Waals surface area contributed by atoms with E-state index < -0.39 is 0 Å². The predicted molar refractivity (Wildman–Crippen MR) is 44.9 cm³/mol. The van der Waals surface area contributed by atoms with Crippen molar-refractivity contribution in [1.82, 2.24) is 0 Å². The minimum atomic E-state index is 0.687. The highest BCUT2D eigenvalue weighted by molar-refractivity contribution is 6.31. The molecule has 1 nitrogen and oxygen atoms in total. The van der Waals surface area contributed by atoms with Gasteiger partial charge in [-0.25, -0.2) is 0 Å². The predicted octanol–water partition coefficient (Wildman–Crippen LogP) is 2.87. The molecule has 11 heavy (non-hydrogen) atoms. The van der Waals surface area contributed by atoms with Crippen LogP contribution in [0.2, 0.25) is 0 Å². The summed E-state index contributed by atoms with van der Waals surface area (Å²) < 4.78 is 5.24. The molecule has 0 atom stereocenters. The number of hydrogen-bond donors (Lipinski definition) is 0. The third-order valence-corrected chi connectivity index (χ3v) is 1.97. The smallest absolute Gasteiger partial charge is 0.148 e. The summed E-state index contributed by atoms with van der Waals surface area (Å²) in [5.74, 6) is 0.802. The van der Waals surface area contributed by atoms with Crippen LogP contribution in [0.25, 0.3) is 0 Å². The first-order valence-electron chi connectivity index (χ1n) is 3.47. The zero-order valence-corrected chi connectivity index (χ0v) is 6.64. The van der Waals surface area contributed by atoms with Gasteiger partial charge in [-0.2, -0.15) is 0 Å². The third kappa shape index (κ3) is 1.12. The number of halogens is 1. The van der Waals surface area contributed by atoms with Gasteiger partial charge in [0.05, 0.1) is 11.3 Å². The van der Waals surface area contributed by atoms with Crippen LogP contribution in [-0.4, -0.2) is 0 Å². The minimum absolute atomic E-state index is 0.687. The van der Waals surface area contributed by atoms with E-state index in [1.165, 1.54) is 0 Å². The van der Waals surface area contributed by atoms with Gasteiger partial charge in [0.25, 0.3) is 0 Å². The summed E-state index contributed by atoms with van der Waals surface area (Å²) in [5, 5.41) is 0.687. The Morgan fingerprint density at radius 2 is 2.36 bits per heavy atom. The molecule has 2 heteroatoms. The molecule has 0 amide bonds. The molecule has 0 saturated carbocycles. The molecule has 0 bridgehead atoms. The number of fused-ring (bicyclic) bond motifs is 1. The molecule has 0 aromatic rings. The van der Waals surface area contributed by atoms with Gasteiger partial charge in [0.1, 0.15) is 5.76 Å². The van der Waals surface area contributed by atoms with Crippen molar-refractivity contribution in [2.45, 2.75) is 6.42 Å². The fraction of sp³-hybridized carbons (Fsp3) is 0.111. The summed E-state index contributed by atoms with van der Waals surface area (Å²) in [6.45, 7) is 0. The topological polar surface area (TPSA) is 9.23 Å². The second kappa shape index (κ2) is 2.59. The van der Waals surface area contributed by atoms with Gasteiger partial charge < -0.3 is 4.74 Å². The first-order valence-corrected chi connectivity index (χ1v) is 3.85. The Hall–Kier alpha value is -0.950. The normalized spacial score (nSPS) is 21.0. The van der Waals surface area contributed by atoms with Crippen LogP contribution in [0.5, 0.6) is 0 Å². The lowest BCUT2D eigenvalue weighted by Crippen LogP contribution is -1.99. The van der Waals surface area contributed by atoms with Crippen LogP contribution in [0.15, 0.2) is 46.9 Å². The Morgan fingerprint density at radius 1 is 1.45 bits per heavy atom. The fourth-order valence-corrected chi connectivity index (χ4v) is 1.40. The number of allylic oxidation sites excluding steroid dienone is 6. The highest BCUT2D eigenvalue weighted by Crippen LogP contribution is 2.29. The van der Waals surface area contributed by atoms with Crippen LogP contribution >= 0.6 is 11.6 Å². The van der Waals surface area contributed by atoms with Gasteiger partial charge in [0, 0.05) is 5.57 Å². The monoisotopic (exact) mass is 166 g/mol. The van der Waals surface area contributed by atoms with Gasteiger partial charge in [0.15, 0.2) is 0 Å². The van der Waals surface area contributed by atoms with E-state index in [2.05, 4.69) is 0 Å². The van der Waals surface area contributed by atoms with Gasteiger partial charge in [-0.15, -0.1) is 0 Å². The average molecular weight is 167 g/mol. The zero-order chi connectivity index (χ0) is 7.68. The van der Waals surface area contributed by atoms with Crippen molar-refractivity contribution in [1.29, 1.82) is 0 Å². The molecule has 1 heterocycles. The Bertz CT molecular complexity index is 295. The molecule has 0 aromatic heterocycles. The van der Waals surface area contributed by atoms with Crippen LogP contribution in [0.3, 0.4) is 0 Å². The quantitative estimate of drug-likeness (QED) is 0.538. The Balaban J connectivity index is 2.46. The largest absolute Gasteiger partial charge is 0.463 e. The van der Waals surface area contributed by atoms with E-state index in [1.54, 1.807) is 6.26 Å². The maximum Gasteiger partial charge on any atom is 0.148 e. The first-order chi connectivity index (χ1) is 5.38.